The first-order valence-corrected chi connectivity index (χ1v) is 12.5. The van der Waals surface area contributed by atoms with Gasteiger partial charge in [-0.15, -0.1) is 0 Å². The van der Waals surface area contributed by atoms with Crippen LogP contribution in [0.15, 0.2) is 39.6 Å². The first-order valence-electron chi connectivity index (χ1n) is 11.1. The van der Waals surface area contributed by atoms with E-state index in [0.717, 1.165) is 24.8 Å². The van der Waals surface area contributed by atoms with Crippen LogP contribution in [0.5, 0.6) is 0 Å². The predicted molar refractivity (Wildman–Crippen MR) is 127 cm³/mol. The van der Waals surface area contributed by atoms with E-state index < -0.39 is 10.0 Å². The van der Waals surface area contributed by atoms with E-state index in [1.807, 2.05) is 13.0 Å². The molecular weight excluding hydrogens is 440 g/mol. The lowest BCUT2D eigenvalue weighted by molar-refractivity contribution is 0.0693. The summed E-state index contributed by atoms with van der Waals surface area (Å²) in [4.78, 5) is 26.4. The molecular formula is C25H28N2O5S. The molecule has 1 saturated heterocycles. The fraction of sp³-hybridized carbons (Fsp3) is 0.360. The van der Waals surface area contributed by atoms with Gasteiger partial charge >= 0.3 is 0 Å². The largest absolute Gasteiger partial charge is 0.449 e. The number of carbonyl (C=O) groups is 2. The quantitative estimate of drug-likeness (QED) is 0.532. The normalized spacial score (nSPS) is 14.5. The third kappa shape index (κ3) is 4.27. The number of nitrogens with one attached hydrogen (secondary N) is 1. The number of nitrogens with zero attached hydrogens (tertiary/aromatic N) is 1. The number of fused-ring (bicyclic) bond motifs is 1. The zero-order chi connectivity index (χ0) is 23.9. The molecule has 33 heavy (non-hydrogen) atoms. The highest BCUT2D eigenvalue weighted by Gasteiger charge is 2.30. The molecule has 2 aromatic carbocycles. The maximum absolute atomic E-state index is 13.5. The molecule has 4 rings (SSSR count). The number of furan rings is 1. The van der Waals surface area contributed by atoms with Gasteiger partial charge in [-0.1, -0.05) is 0 Å². The van der Waals surface area contributed by atoms with Crippen LogP contribution in [0.1, 0.15) is 63.8 Å². The topological polar surface area (TPSA) is 96.7 Å². The van der Waals surface area contributed by atoms with Crippen molar-refractivity contribution in [2.45, 2.75) is 51.9 Å². The Labute approximate surface area is 193 Å². The van der Waals surface area contributed by atoms with Crippen molar-refractivity contribution in [3.63, 3.8) is 0 Å². The van der Waals surface area contributed by atoms with Gasteiger partial charge < -0.3 is 9.32 Å². The van der Waals surface area contributed by atoms with Gasteiger partial charge in [-0.05, 0) is 88.4 Å². The summed E-state index contributed by atoms with van der Waals surface area (Å²) in [5, 5.41) is 0.616. The highest BCUT2D eigenvalue weighted by Crippen LogP contribution is 2.36. The number of piperidine rings is 1. The minimum Gasteiger partial charge on any atom is -0.449 e. The molecule has 1 aliphatic rings. The zero-order valence-electron chi connectivity index (χ0n) is 19.3. The molecule has 0 atom stereocenters. The van der Waals surface area contributed by atoms with Crippen LogP contribution in [0.25, 0.3) is 11.0 Å². The Morgan fingerprint density at radius 2 is 1.61 bits per heavy atom. The molecule has 0 saturated carbocycles. The van der Waals surface area contributed by atoms with Gasteiger partial charge in [-0.25, -0.2) is 8.42 Å². The predicted octanol–water partition coefficient (Wildman–Crippen LogP) is 4.99. The number of rotatable bonds is 5. The van der Waals surface area contributed by atoms with Crippen LogP contribution in [-0.2, 0) is 10.0 Å². The standard InChI is InChI=1S/C25H28N2O5S/c1-15-14-21-17(3)22(25(29)27-12-6-5-7-13-27)32-23(21)24(16(15)2)33(30,31)26-20-10-8-19(9-11-20)18(4)28/h8-11,14,26H,5-7,12-13H2,1-4H3. The van der Waals surface area contributed by atoms with E-state index in [0.29, 0.717) is 40.9 Å². The third-order valence-corrected chi connectivity index (χ3v) is 7.88. The lowest BCUT2D eigenvalue weighted by atomic mass is 10.0. The van der Waals surface area contributed by atoms with Gasteiger partial charge in [-0.2, -0.15) is 0 Å². The van der Waals surface area contributed by atoms with Crippen molar-refractivity contribution in [3.8, 4) is 0 Å². The van der Waals surface area contributed by atoms with Gasteiger partial charge in [0.15, 0.2) is 17.1 Å². The number of amides is 1. The summed E-state index contributed by atoms with van der Waals surface area (Å²) in [6.45, 7) is 8.17. The lowest BCUT2D eigenvalue weighted by Crippen LogP contribution is -2.35. The Morgan fingerprint density at radius 1 is 0.970 bits per heavy atom. The van der Waals surface area contributed by atoms with Crippen LogP contribution >= 0.6 is 0 Å². The van der Waals surface area contributed by atoms with Crippen molar-refractivity contribution in [2.75, 3.05) is 17.8 Å². The second-order valence-electron chi connectivity index (χ2n) is 8.67. The molecule has 0 radical (unpaired) electrons. The monoisotopic (exact) mass is 468 g/mol. The van der Waals surface area contributed by atoms with Gasteiger partial charge in [0.25, 0.3) is 15.9 Å². The Bertz CT molecular complexity index is 1350. The molecule has 2 heterocycles. The van der Waals surface area contributed by atoms with Gasteiger partial charge in [0, 0.05) is 35.3 Å². The summed E-state index contributed by atoms with van der Waals surface area (Å²) in [6, 6.07) is 8.12. The highest BCUT2D eigenvalue weighted by atomic mass is 32.2. The van der Waals surface area contributed by atoms with Crippen LogP contribution in [0.4, 0.5) is 5.69 Å². The van der Waals surface area contributed by atoms with E-state index in [9.17, 15) is 18.0 Å². The number of anilines is 1. The fourth-order valence-electron chi connectivity index (χ4n) is 4.29. The summed E-state index contributed by atoms with van der Waals surface area (Å²) in [5.74, 6) is -0.105. The number of sulfonamides is 1. The maximum atomic E-state index is 13.5. The summed E-state index contributed by atoms with van der Waals surface area (Å²) >= 11 is 0. The SMILES string of the molecule is CC(=O)c1ccc(NS(=O)(=O)c2c(C)c(C)cc3c(C)c(C(=O)N4CCCCC4)oc23)cc1. The molecule has 1 amide bonds. The molecule has 0 unspecified atom stereocenters. The molecule has 174 valence electrons. The molecule has 1 aromatic heterocycles. The van der Waals surface area contributed by atoms with E-state index in [2.05, 4.69) is 4.72 Å². The Balaban J connectivity index is 1.80. The Morgan fingerprint density at radius 3 is 2.21 bits per heavy atom. The molecule has 1 fully saturated rings. The summed E-state index contributed by atoms with van der Waals surface area (Å²) in [6.07, 6.45) is 3.01. The molecule has 1 N–H and O–H groups in total. The number of hydrogen-bond donors (Lipinski definition) is 1. The van der Waals surface area contributed by atoms with E-state index in [1.165, 1.54) is 6.92 Å². The maximum Gasteiger partial charge on any atom is 0.289 e. The number of likely N-dealkylation sites (tertiary alicyclic amines) is 1. The van der Waals surface area contributed by atoms with E-state index >= 15 is 0 Å². The van der Waals surface area contributed by atoms with Crippen LogP contribution in [0, 0.1) is 20.8 Å². The van der Waals surface area contributed by atoms with Gasteiger partial charge in [0.05, 0.1) is 0 Å². The lowest BCUT2D eigenvalue weighted by Gasteiger charge is -2.25. The number of Topliss-reactive ketones (excluding diaryl/α,β-unsaturated/α-hetero) is 1. The third-order valence-electron chi connectivity index (χ3n) is 6.34. The molecule has 0 bridgehead atoms. The van der Waals surface area contributed by atoms with Crippen LogP contribution < -0.4 is 4.72 Å². The molecule has 0 aliphatic carbocycles. The number of carbonyl (C=O) groups excluding carboxylic acids is 2. The first-order chi connectivity index (χ1) is 15.6. The average molecular weight is 469 g/mol. The second-order valence-corrected chi connectivity index (χ2v) is 10.3. The van der Waals surface area contributed by atoms with Gasteiger partial charge in [0.1, 0.15) is 4.90 Å². The van der Waals surface area contributed by atoms with Crippen molar-refractivity contribution in [1.82, 2.24) is 4.90 Å². The average Bonchev–Trinajstić information content (AvgIpc) is 3.10. The van der Waals surface area contributed by atoms with E-state index in [1.54, 1.807) is 43.0 Å². The Hall–Kier alpha value is -3.13. The van der Waals surface area contributed by atoms with E-state index in [4.69, 9.17) is 4.42 Å². The van der Waals surface area contributed by atoms with Crippen molar-refractivity contribution < 1.29 is 22.4 Å². The van der Waals surface area contributed by atoms with Crippen molar-refractivity contribution >= 4 is 38.4 Å². The van der Waals surface area contributed by atoms with Crippen LogP contribution in [-0.4, -0.2) is 38.1 Å². The smallest absolute Gasteiger partial charge is 0.289 e. The van der Waals surface area contributed by atoms with Crippen LogP contribution in [0.2, 0.25) is 0 Å². The highest BCUT2D eigenvalue weighted by molar-refractivity contribution is 7.93. The summed E-state index contributed by atoms with van der Waals surface area (Å²) < 4.78 is 35.5. The van der Waals surface area contributed by atoms with Crippen molar-refractivity contribution in [1.29, 1.82) is 0 Å². The van der Waals surface area contributed by atoms with Gasteiger partial charge in [-0.3, -0.25) is 14.3 Å². The molecule has 3 aromatic rings. The minimum absolute atomic E-state index is 0.0222. The minimum atomic E-state index is -4.03. The molecule has 7 nitrogen and oxygen atoms in total. The van der Waals surface area contributed by atoms with Crippen molar-refractivity contribution in [2.24, 2.45) is 0 Å². The number of ketones is 1. The number of aryl methyl sites for hydroxylation is 2. The van der Waals surface area contributed by atoms with Gasteiger partial charge in [0.2, 0.25) is 0 Å². The van der Waals surface area contributed by atoms with E-state index in [-0.39, 0.29) is 27.9 Å². The Kier molecular flexibility index (Phi) is 6.05. The zero-order valence-corrected chi connectivity index (χ0v) is 20.1. The number of hydrogen-bond acceptors (Lipinski definition) is 5. The second kappa shape index (κ2) is 8.67. The van der Waals surface area contributed by atoms with Crippen LogP contribution in [0.3, 0.4) is 0 Å². The fourth-order valence-corrected chi connectivity index (χ4v) is 5.80. The summed E-state index contributed by atoms with van der Waals surface area (Å²) in [5.41, 5.74) is 3.00. The summed E-state index contributed by atoms with van der Waals surface area (Å²) in [7, 11) is -4.03. The number of benzene rings is 2. The molecule has 1 aliphatic heterocycles. The van der Waals surface area contributed by atoms with Crippen molar-refractivity contribution in [3.05, 3.63) is 58.3 Å². The molecule has 0 spiro atoms. The molecule has 8 heteroatoms. The first kappa shape index (κ1) is 23.0.